The average molecular weight is 320 g/mol. The minimum atomic E-state index is -1.57. The predicted molar refractivity (Wildman–Crippen MR) is 72.7 cm³/mol. The van der Waals surface area contributed by atoms with E-state index in [1.807, 2.05) is 0 Å². The Balaban J connectivity index is 2.99. The maximum Gasteiger partial charge on any atom is 0.335 e. The van der Waals surface area contributed by atoms with E-state index in [0.717, 1.165) is 0 Å². The second kappa shape index (κ2) is 8.12. The van der Waals surface area contributed by atoms with Crippen LogP contribution in [0.1, 0.15) is 34.6 Å². The van der Waals surface area contributed by atoms with Crippen molar-refractivity contribution >= 4 is 20.1 Å². The Bertz CT molecular complexity index is 506. The third-order valence-corrected chi connectivity index (χ3v) is 4.02. The summed E-state index contributed by atoms with van der Waals surface area (Å²) in [6.45, 7) is 4.03. The summed E-state index contributed by atoms with van der Waals surface area (Å²) in [6, 6.07) is 1.23. The van der Waals surface area contributed by atoms with Crippen LogP contribution in [-0.2, 0) is 9.05 Å². The Morgan fingerprint density at radius 3 is 2.00 bits per heavy atom. The first-order valence-corrected chi connectivity index (χ1v) is 7.55. The molecule has 5 nitrogen and oxygen atoms in total. The molecule has 0 spiro atoms. The molecule has 1 aromatic carbocycles. The summed E-state index contributed by atoms with van der Waals surface area (Å²) in [5.41, 5.74) is -1.33. The summed E-state index contributed by atoms with van der Waals surface area (Å²) >= 11 is 0. The number of hydrogen-bond acceptors (Lipinski definition) is 4. The van der Waals surface area contributed by atoms with Gasteiger partial charge in [-0.05, 0) is 26.0 Å². The molecule has 0 saturated heterocycles. The summed E-state index contributed by atoms with van der Waals surface area (Å²) in [4.78, 5) is 22.6. The Morgan fingerprint density at radius 1 is 1.14 bits per heavy atom. The van der Waals surface area contributed by atoms with Gasteiger partial charge in [0.05, 0.1) is 30.5 Å². The smallest absolute Gasteiger partial charge is 0.335 e. The van der Waals surface area contributed by atoms with E-state index >= 15 is 0 Å². The van der Waals surface area contributed by atoms with Crippen LogP contribution in [0.5, 0.6) is 0 Å². The lowest BCUT2D eigenvalue weighted by atomic mass is 10.1. The monoisotopic (exact) mass is 320 g/mol. The van der Waals surface area contributed by atoms with Crippen molar-refractivity contribution in [3.05, 3.63) is 34.9 Å². The van der Waals surface area contributed by atoms with Gasteiger partial charge in [-0.25, -0.2) is 13.6 Å². The van der Waals surface area contributed by atoms with E-state index in [9.17, 15) is 18.4 Å². The molecule has 0 unspecified atom stereocenters. The van der Waals surface area contributed by atoms with E-state index in [1.54, 1.807) is 13.8 Å². The van der Waals surface area contributed by atoms with Crippen molar-refractivity contribution in [1.82, 2.24) is 0 Å². The molecule has 8 heteroatoms. The van der Waals surface area contributed by atoms with Gasteiger partial charge in [0.15, 0.2) is 14.2 Å². The highest BCUT2D eigenvalue weighted by Crippen LogP contribution is 2.38. The Hall–Kier alpha value is -1.43. The molecule has 1 N–H and O–H groups in total. The zero-order valence-electron chi connectivity index (χ0n) is 11.6. The molecule has 0 amide bonds. The third-order valence-electron chi connectivity index (χ3n) is 2.39. The third kappa shape index (κ3) is 4.81. The van der Waals surface area contributed by atoms with Crippen molar-refractivity contribution in [3.8, 4) is 0 Å². The van der Waals surface area contributed by atoms with Gasteiger partial charge in [-0.2, -0.15) is 0 Å². The molecule has 0 heterocycles. The molecule has 116 valence electrons. The molecule has 21 heavy (non-hydrogen) atoms. The number of rotatable bonds is 8. The highest BCUT2D eigenvalue weighted by molar-refractivity contribution is 7.48. The van der Waals surface area contributed by atoms with E-state index in [-0.39, 0.29) is 6.16 Å². The largest absolute Gasteiger partial charge is 0.478 e. The van der Waals surface area contributed by atoms with Gasteiger partial charge >= 0.3 is 5.97 Å². The highest BCUT2D eigenvalue weighted by Gasteiger charge is 2.24. The second-order valence-electron chi connectivity index (χ2n) is 3.87. The van der Waals surface area contributed by atoms with E-state index in [2.05, 4.69) is 0 Å². The summed E-state index contributed by atoms with van der Waals surface area (Å²) in [5.74, 6) is -4.71. The van der Waals surface area contributed by atoms with Gasteiger partial charge in [0, 0.05) is 0 Å². The van der Waals surface area contributed by atoms with Crippen LogP contribution in [0.25, 0.3) is 0 Å². The first kappa shape index (κ1) is 17.6. The summed E-state index contributed by atoms with van der Waals surface area (Å²) in [5, 5.41) is 8.69. The number of benzene rings is 1. The lowest BCUT2D eigenvalue weighted by Gasteiger charge is -2.15. The molecule has 1 rings (SSSR count). The van der Waals surface area contributed by atoms with Crippen LogP contribution in [0.4, 0.5) is 8.78 Å². The molecular formula is C13H15F2O5P. The first-order valence-electron chi connectivity index (χ1n) is 6.19. The van der Waals surface area contributed by atoms with Crippen molar-refractivity contribution in [1.29, 1.82) is 0 Å². The van der Waals surface area contributed by atoms with Crippen LogP contribution < -0.4 is 0 Å². The van der Waals surface area contributed by atoms with E-state index in [0.29, 0.717) is 25.3 Å². The zero-order valence-corrected chi connectivity index (χ0v) is 12.5. The molecule has 0 radical (unpaired) electrons. The normalized spacial score (nSPS) is 10.9. The number of Topliss-reactive ketones (excluding diaryl/α,β-unsaturated/α-hetero) is 1. The Kier molecular flexibility index (Phi) is 6.81. The molecule has 0 bridgehead atoms. The number of carboxylic acid groups (broad SMARTS) is 1. The van der Waals surface area contributed by atoms with Crippen molar-refractivity contribution in [2.75, 3.05) is 19.4 Å². The average Bonchev–Trinajstić information content (AvgIpc) is 2.38. The molecule has 0 aliphatic carbocycles. The van der Waals surface area contributed by atoms with Crippen molar-refractivity contribution in [2.24, 2.45) is 0 Å². The minimum absolute atomic E-state index is 0.294. The molecule has 0 aliphatic rings. The zero-order chi connectivity index (χ0) is 16.0. The van der Waals surface area contributed by atoms with E-state index in [4.69, 9.17) is 14.2 Å². The fourth-order valence-electron chi connectivity index (χ4n) is 1.58. The highest BCUT2D eigenvalue weighted by atomic mass is 31.2. The quantitative estimate of drug-likeness (QED) is 0.588. The standard InChI is InChI=1S/C13H15F2O5P/c1-3-19-21(20-4-2)7-11(16)12-9(14)5-8(13(17)18)6-10(12)15/h5-6H,3-4,7H2,1-2H3,(H,17,18). The number of halogens is 2. The van der Waals surface area contributed by atoms with Crippen LogP contribution in [0, 0.1) is 11.6 Å². The van der Waals surface area contributed by atoms with Gasteiger partial charge in [0.25, 0.3) is 0 Å². The maximum atomic E-state index is 13.7. The molecule has 0 atom stereocenters. The van der Waals surface area contributed by atoms with Crippen molar-refractivity contribution < 1.29 is 32.5 Å². The fourth-order valence-corrected chi connectivity index (χ4v) is 2.80. The van der Waals surface area contributed by atoms with Gasteiger partial charge in [-0.1, -0.05) is 0 Å². The molecule has 0 aromatic heterocycles. The van der Waals surface area contributed by atoms with Gasteiger partial charge < -0.3 is 14.2 Å². The Morgan fingerprint density at radius 2 is 1.62 bits per heavy atom. The van der Waals surface area contributed by atoms with Gasteiger partial charge in [0.1, 0.15) is 11.6 Å². The molecular weight excluding hydrogens is 305 g/mol. The summed E-state index contributed by atoms with van der Waals surface area (Å²) in [7, 11) is -1.57. The van der Waals surface area contributed by atoms with Crippen molar-refractivity contribution in [3.63, 3.8) is 0 Å². The predicted octanol–water partition coefficient (Wildman–Crippen LogP) is 3.23. The molecule has 0 aliphatic heterocycles. The molecule has 1 aromatic rings. The first-order chi connectivity index (χ1) is 9.90. The van der Waals surface area contributed by atoms with Gasteiger partial charge in [0.2, 0.25) is 0 Å². The molecule has 0 fully saturated rings. The fraction of sp³-hybridized carbons (Fsp3) is 0.385. The van der Waals surface area contributed by atoms with Crippen LogP contribution in [0.2, 0.25) is 0 Å². The van der Waals surface area contributed by atoms with E-state index < -0.39 is 42.9 Å². The van der Waals surface area contributed by atoms with Crippen LogP contribution >= 0.6 is 8.38 Å². The number of carbonyl (C=O) groups is 2. The van der Waals surface area contributed by atoms with Gasteiger partial charge in [-0.15, -0.1) is 0 Å². The minimum Gasteiger partial charge on any atom is -0.478 e. The van der Waals surface area contributed by atoms with Crippen LogP contribution in [-0.4, -0.2) is 36.2 Å². The van der Waals surface area contributed by atoms with Gasteiger partial charge in [-0.3, -0.25) is 4.79 Å². The number of carboxylic acids is 1. The van der Waals surface area contributed by atoms with Crippen molar-refractivity contribution in [2.45, 2.75) is 13.8 Å². The van der Waals surface area contributed by atoms with E-state index in [1.165, 1.54) is 0 Å². The lowest BCUT2D eigenvalue weighted by Crippen LogP contribution is -2.13. The number of ketones is 1. The lowest BCUT2D eigenvalue weighted by molar-refractivity contribution is 0.0695. The maximum absolute atomic E-state index is 13.7. The Labute approximate surface area is 121 Å². The number of hydrogen-bond donors (Lipinski definition) is 1. The molecule has 0 saturated carbocycles. The SMILES string of the molecule is CCOP(CC(=O)c1c(F)cc(C(=O)O)cc1F)OCC. The number of carbonyl (C=O) groups excluding carboxylic acids is 1. The second-order valence-corrected chi connectivity index (χ2v) is 5.37. The summed E-state index contributed by atoms with van der Waals surface area (Å²) in [6.07, 6.45) is -0.294. The van der Waals surface area contributed by atoms with Crippen LogP contribution in [0.15, 0.2) is 12.1 Å². The topological polar surface area (TPSA) is 72.8 Å². The summed E-state index contributed by atoms with van der Waals surface area (Å²) < 4.78 is 37.9. The number of aromatic carboxylic acids is 1. The van der Waals surface area contributed by atoms with Crippen LogP contribution in [0.3, 0.4) is 0 Å².